The van der Waals surface area contributed by atoms with Gasteiger partial charge in [0.25, 0.3) is 0 Å². The smallest absolute Gasteiger partial charge is 0.303 e. The van der Waals surface area contributed by atoms with Gasteiger partial charge in [-0.05, 0) is 18.1 Å². The van der Waals surface area contributed by atoms with Crippen LogP contribution in [0.5, 0.6) is 0 Å². The summed E-state index contributed by atoms with van der Waals surface area (Å²) in [5.74, 6) is -0.634. The van der Waals surface area contributed by atoms with Crippen molar-refractivity contribution in [3.63, 3.8) is 0 Å². The lowest BCUT2D eigenvalue weighted by molar-refractivity contribution is -0.137. The average molecular weight is 233 g/mol. The molecule has 1 N–H and O–H groups in total. The topological polar surface area (TPSA) is 57.6 Å². The maximum absolute atomic E-state index is 11.5. The molecule has 1 aliphatic heterocycles. The van der Waals surface area contributed by atoms with Gasteiger partial charge >= 0.3 is 5.97 Å². The van der Waals surface area contributed by atoms with Crippen LogP contribution in [0.4, 0.5) is 5.69 Å². The minimum atomic E-state index is -0.788. The summed E-state index contributed by atoms with van der Waals surface area (Å²) < 4.78 is 0. The SMILES string of the molecule is CC(=O)N1C[C@@H](CCC(=O)O)c2ccccc21. The second-order valence-electron chi connectivity index (χ2n) is 4.32. The van der Waals surface area contributed by atoms with Crippen molar-refractivity contribution in [2.75, 3.05) is 11.4 Å². The van der Waals surface area contributed by atoms with E-state index in [1.165, 1.54) is 6.92 Å². The van der Waals surface area contributed by atoms with Gasteiger partial charge in [0.2, 0.25) is 5.91 Å². The molecule has 0 saturated carbocycles. The van der Waals surface area contributed by atoms with Gasteiger partial charge in [-0.3, -0.25) is 9.59 Å². The maximum atomic E-state index is 11.5. The van der Waals surface area contributed by atoms with E-state index in [2.05, 4.69) is 0 Å². The van der Waals surface area contributed by atoms with Gasteiger partial charge < -0.3 is 10.0 Å². The van der Waals surface area contributed by atoms with Crippen LogP contribution in [0, 0.1) is 0 Å². The Hall–Kier alpha value is -1.84. The Morgan fingerprint density at radius 3 is 2.76 bits per heavy atom. The minimum Gasteiger partial charge on any atom is -0.481 e. The molecule has 1 atom stereocenters. The molecule has 0 fully saturated rings. The van der Waals surface area contributed by atoms with E-state index in [9.17, 15) is 9.59 Å². The van der Waals surface area contributed by atoms with Crippen molar-refractivity contribution in [1.29, 1.82) is 0 Å². The number of hydrogen-bond acceptors (Lipinski definition) is 2. The van der Waals surface area contributed by atoms with E-state index in [0.717, 1.165) is 11.3 Å². The van der Waals surface area contributed by atoms with E-state index in [-0.39, 0.29) is 18.2 Å². The fraction of sp³-hybridized carbons (Fsp3) is 0.385. The molecule has 0 unspecified atom stereocenters. The van der Waals surface area contributed by atoms with Crippen LogP contribution in [0.1, 0.15) is 31.2 Å². The van der Waals surface area contributed by atoms with E-state index in [1.807, 2.05) is 24.3 Å². The molecule has 4 heteroatoms. The quantitative estimate of drug-likeness (QED) is 0.868. The third-order valence-corrected chi connectivity index (χ3v) is 3.16. The summed E-state index contributed by atoms with van der Waals surface area (Å²) in [6, 6.07) is 7.72. The molecule has 1 heterocycles. The second-order valence-corrected chi connectivity index (χ2v) is 4.32. The number of carbonyl (C=O) groups is 2. The molecule has 1 aromatic carbocycles. The maximum Gasteiger partial charge on any atom is 0.303 e. The fourth-order valence-corrected chi connectivity index (χ4v) is 2.34. The molecule has 0 aliphatic carbocycles. The summed E-state index contributed by atoms with van der Waals surface area (Å²) in [4.78, 5) is 23.8. The predicted octanol–water partition coefficient (Wildman–Crippen LogP) is 2.00. The van der Waals surface area contributed by atoms with Gasteiger partial charge in [0.15, 0.2) is 0 Å². The van der Waals surface area contributed by atoms with Crippen LogP contribution >= 0.6 is 0 Å². The molecular formula is C13H15NO3. The minimum absolute atomic E-state index is 0.00951. The lowest BCUT2D eigenvalue weighted by atomic mass is 9.96. The number of carboxylic acids is 1. The Morgan fingerprint density at radius 2 is 2.12 bits per heavy atom. The van der Waals surface area contributed by atoms with Crippen LogP contribution in [0.15, 0.2) is 24.3 Å². The molecule has 2 rings (SSSR count). The highest BCUT2D eigenvalue weighted by molar-refractivity contribution is 5.94. The van der Waals surface area contributed by atoms with Crippen LogP contribution in [-0.4, -0.2) is 23.5 Å². The van der Waals surface area contributed by atoms with Gasteiger partial charge in [-0.1, -0.05) is 18.2 Å². The summed E-state index contributed by atoms with van der Waals surface area (Å²) in [5.41, 5.74) is 2.01. The Kier molecular flexibility index (Phi) is 3.13. The number of benzene rings is 1. The number of carbonyl (C=O) groups excluding carboxylic acids is 1. The van der Waals surface area contributed by atoms with Gasteiger partial charge in [-0.25, -0.2) is 0 Å². The second kappa shape index (κ2) is 4.57. The first-order chi connectivity index (χ1) is 8.09. The van der Waals surface area contributed by atoms with E-state index in [1.54, 1.807) is 4.90 Å². The highest BCUT2D eigenvalue weighted by Crippen LogP contribution is 2.38. The number of para-hydroxylation sites is 1. The van der Waals surface area contributed by atoms with Gasteiger partial charge in [-0.15, -0.1) is 0 Å². The Balaban J connectivity index is 2.22. The van der Waals surface area contributed by atoms with Crippen LogP contribution in [-0.2, 0) is 9.59 Å². The molecule has 17 heavy (non-hydrogen) atoms. The molecule has 0 aromatic heterocycles. The molecule has 1 amide bonds. The van der Waals surface area contributed by atoms with Crippen molar-refractivity contribution in [2.24, 2.45) is 0 Å². The van der Waals surface area contributed by atoms with Gasteiger partial charge in [0.05, 0.1) is 0 Å². The highest BCUT2D eigenvalue weighted by Gasteiger charge is 2.30. The van der Waals surface area contributed by atoms with E-state index < -0.39 is 5.97 Å². The number of amides is 1. The lowest BCUT2D eigenvalue weighted by Crippen LogP contribution is -2.27. The van der Waals surface area contributed by atoms with E-state index in [0.29, 0.717) is 13.0 Å². The average Bonchev–Trinajstić information content (AvgIpc) is 2.65. The molecule has 0 radical (unpaired) electrons. The van der Waals surface area contributed by atoms with Crippen molar-refractivity contribution >= 4 is 17.6 Å². The Morgan fingerprint density at radius 1 is 1.41 bits per heavy atom. The summed E-state index contributed by atoms with van der Waals surface area (Å²) >= 11 is 0. The van der Waals surface area contributed by atoms with Gasteiger partial charge in [0.1, 0.15) is 0 Å². The molecule has 0 bridgehead atoms. The normalized spacial score (nSPS) is 17.9. The summed E-state index contributed by atoms with van der Waals surface area (Å²) in [6.07, 6.45) is 0.723. The van der Waals surface area contributed by atoms with Crippen molar-refractivity contribution in [2.45, 2.75) is 25.7 Å². The zero-order valence-electron chi connectivity index (χ0n) is 9.72. The van der Waals surface area contributed by atoms with E-state index in [4.69, 9.17) is 5.11 Å². The zero-order valence-corrected chi connectivity index (χ0v) is 9.72. The number of fused-ring (bicyclic) bond motifs is 1. The highest BCUT2D eigenvalue weighted by atomic mass is 16.4. The number of nitrogens with zero attached hydrogens (tertiary/aromatic N) is 1. The number of aliphatic carboxylic acids is 1. The summed E-state index contributed by atoms with van der Waals surface area (Å²) in [6.45, 7) is 2.14. The molecule has 4 nitrogen and oxygen atoms in total. The summed E-state index contributed by atoms with van der Waals surface area (Å²) in [7, 11) is 0. The molecule has 0 spiro atoms. The molecular weight excluding hydrogens is 218 g/mol. The zero-order chi connectivity index (χ0) is 12.4. The van der Waals surface area contributed by atoms with Crippen LogP contribution < -0.4 is 4.90 Å². The van der Waals surface area contributed by atoms with Crippen LogP contribution in [0.25, 0.3) is 0 Å². The molecule has 1 aromatic rings. The third-order valence-electron chi connectivity index (χ3n) is 3.16. The van der Waals surface area contributed by atoms with Crippen molar-refractivity contribution in [3.8, 4) is 0 Å². The molecule has 1 aliphatic rings. The van der Waals surface area contributed by atoms with Crippen LogP contribution in [0.2, 0.25) is 0 Å². The fourth-order valence-electron chi connectivity index (χ4n) is 2.34. The standard InChI is InChI=1S/C13H15NO3/c1-9(15)14-8-10(6-7-13(16)17)11-4-2-3-5-12(11)14/h2-5,10H,6-8H2,1H3,(H,16,17)/t10-/m1/s1. The number of carboxylic acid groups (broad SMARTS) is 1. The predicted molar refractivity (Wildman–Crippen MR) is 64.1 cm³/mol. The Bertz CT molecular complexity index is 456. The van der Waals surface area contributed by atoms with Gasteiger partial charge in [-0.2, -0.15) is 0 Å². The largest absolute Gasteiger partial charge is 0.481 e. The lowest BCUT2D eigenvalue weighted by Gasteiger charge is -2.14. The Labute approximate surface area is 99.9 Å². The summed E-state index contributed by atoms with van der Waals surface area (Å²) in [5, 5.41) is 8.72. The van der Waals surface area contributed by atoms with E-state index >= 15 is 0 Å². The number of hydrogen-bond donors (Lipinski definition) is 1. The monoisotopic (exact) mass is 233 g/mol. The number of rotatable bonds is 3. The van der Waals surface area contributed by atoms with Crippen LogP contribution in [0.3, 0.4) is 0 Å². The first kappa shape index (κ1) is 11.6. The van der Waals surface area contributed by atoms with Gasteiger partial charge in [0, 0.05) is 31.5 Å². The molecule has 0 saturated heterocycles. The first-order valence-electron chi connectivity index (χ1n) is 5.68. The third kappa shape index (κ3) is 2.30. The van der Waals surface area contributed by atoms with Crippen molar-refractivity contribution < 1.29 is 14.7 Å². The molecule has 90 valence electrons. The van der Waals surface area contributed by atoms with Crippen molar-refractivity contribution in [3.05, 3.63) is 29.8 Å². The first-order valence-corrected chi connectivity index (χ1v) is 5.68. The van der Waals surface area contributed by atoms with Crippen molar-refractivity contribution in [1.82, 2.24) is 0 Å². The number of anilines is 1.